The van der Waals surface area contributed by atoms with Gasteiger partial charge in [0.25, 0.3) is 0 Å². The van der Waals surface area contributed by atoms with Crippen LogP contribution in [0.4, 0.5) is 0 Å². The van der Waals surface area contributed by atoms with Crippen molar-refractivity contribution < 1.29 is 4.74 Å². The summed E-state index contributed by atoms with van der Waals surface area (Å²) in [6.45, 7) is 3.91. The maximum absolute atomic E-state index is 5.63. The van der Waals surface area contributed by atoms with E-state index in [0.717, 1.165) is 12.8 Å². The van der Waals surface area contributed by atoms with Gasteiger partial charge in [-0.05, 0) is 12.8 Å². The van der Waals surface area contributed by atoms with E-state index in [1.807, 2.05) is 13.8 Å². The Morgan fingerprint density at radius 1 is 1.11 bits per heavy atom. The van der Waals surface area contributed by atoms with E-state index in [2.05, 4.69) is 0 Å². The molecule has 0 aromatic rings. The molecule has 0 N–H and O–H groups in total. The molecule has 0 spiro atoms. The molecule has 56 valence electrons. The predicted octanol–water partition coefficient (Wildman–Crippen LogP) is 2.95. The van der Waals surface area contributed by atoms with Crippen molar-refractivity contribution in [2.45, 2.75) is 37.8 Å². The summed E-state index contributed by atoms with van der Waals surface area (Å²) in [5.74, 6) is 0. The Morgan fingerprint density at radius 3 is 1.67 bits per heavy atom. The first-order valence-corrected chi connectivity index (χ1v) is 4.01. The van der Waals surface area contributed by atoms with Crippen LogP contribution in [0, 0.1) is 0 Å². The summed E-state index contributed by atoms with van der Waals surface area (Å²) in [6.07, 6.45) is 1.59. The summed E-state index contributed by atoms with van der Waals surface area (Å²) in [6, 6.07) is 0. The molecule has 0 amide bonds. The van der Waals surface area contributed by atoms with Gasteiger partial charge in [0.05, 0.1) is 0 Å². The quantitative estimate of drug-likeness (QED) is 0.591. The Morgan fingerprint density at radius 2 is 1.44 bits per heavy atom. The minimum absolute atomic E-state index is 0.229. The molecule has 9 heavy (non-hydrogen) atoms. The van der Waals surface area contributed by atoms with E-state index < -0.39 is 0 Å². The normalized spacial score (nSPS) is 17.3. The van der Waals surface area contributed by atoms with Crippen LogP contribution in [0.2, 0.25) is 0 Å². The highest BCUT2D eigenvalue weighted by molar-refractivity contribution is 6.21. The lowest BCUT2D eigenvalue weighted by Gasteiger charge is -2.11. The molecule has 0 radical (unpaired) electrons. The Balaban J connectivity index is 3.22. The van der Waals surface area contributed by atoms with E-state index in [4.69, 9.17) is 27.9 Å². The molecule has 0 aromatic carbocycles. The fourth-order valence-corrected chi connectivity index (χ4v) is 0.654. The second-order valence-electron chi connectivity index (χ2n) is 1.77. The Kier molecular flexibility index (Phi) is 5.65. The zero-order valence-corrected chi connectivity index (χ0v) is 7.24. The van der Waals surface area contributed by atoms with E-state index in [-0.39, 0.29) is 11.1 Å². The standard InChI is InChI=1S/C6H12Cl2O/c1-3-5(7)9-6(8)4-2/h5-6H,3-4H2,1-2H3. The van der Waals surface area contributed by atoms with Gasteiger partial charge < -0.3 is 4.74 Å². The summed E-state index contributed by atoms with van der Waals surface area (Å²) in [7, 11) is 0. The van der Waals surface area contributed by atoms with Gasteiger partial charge in [-0.2, -0.15) is 0 Å². The highest BCUT2D eigenvalue weighted by atomic mass is 35.5. The Hall–Kier alpha value is 0.540. The van der Waals surface area contributed by atoms with Gasteiger partial charge in [-0.25, -0.2) is 0 Å². The average Bonchev–Trinajstić information content (AvgIpc) is 1.87. The molecule has 2 atom stereocenters. The number of ether oxygens (including phenoxy) is 1. The maximum atomic E-state index is 5.63. The van der Waals surface area contributed by atoms with Gasteiger partial charge in [0, 0.05) is 0 Å². The third-order valence-corrected chi connectivity index (χ3v) is 1.76. The summed E-state index contributed by atoms with van der Waals surface area (Å²) >= 11 is 11.3. The van der Waals surface area contributed by atoms with Crippen LogP contribution in [-0.4, -0.2) is 11.1 Å². The van der Waals surface area contributed by atoms with Crippen molar-refractivity contribution in [2.24, 2.45) is 0 Å². The molecule has 2 unspecified atom stereocenters. The van der Waals surface area contributed by atoms with Gasteiger partial charge in [-0.15, -0.1) is 0 Å². The molecule has 1 nitrogen and oxygen atoms in total. The molecule has 0 saturated heterocycles. The predicted molar refractivity (Wildman–Crippen MR) is 40.9 cm³/mol. The van der Waals surface area contributed by atoms with Crippen molar-refractivity contribution in [1.82, 2.24) is 0 Å². The first-order valence-electron chi connectivity index (χ1n) is 3.14. The van der Waals surface area contributed by atoms with E-state index >= 15 is 0 Å². The topological polar surface area (TPSA) is 9.23 Å². The van der Waals surface area contributed by atoms with Crippen molar-refractivity contribution in [3.63, 3.8) is 0 Å². The minimum Gasteiger partial charge on any atom is -0.344 e. The molecule has 0 aliphatic heterocycles. The number of rotatable bonds is 4. The summed E-state index contributed by atoms with van der Waals surface area (Å²) in [5, 5.41) is 0. The molecule has 0 bridgehead atoms. The van der Waals surface area contributed by atoms with E-state index in [9.17, 15) is 0 Å². The van der Waals surface area contributed by atoms with Gasteiger partial charge in [0.15, 0.2) is 0 Å². The van der Waals surface area contributed by atoms with Gasteiger partial charge in [0.1, 0.15) is 11.1 Å². The molecule has 0 fully saturated rings. The number of halogens is 2. The van der Waals surface area contributed by atoms with Crippen LogP contribution < -0.4 is 0 Å². The smallest absolute Gasteiger partial charge is 0.132 e. The molecular formula is C6H12Cl2O. The monoisotopic (exact) mass is 170 g/mol. The largest absolute Gasteiger partial charge is 0.344 e. The maximum Gasteiger partial charge on any atom is 0.132 e. The molecule has 0 aliphatic rings. The van der Waals surface area contributed by atoms with Crippen LogP contribution in [0.15, 0.2) is 0 Å². The highest BCUT2D eigenvalue weighted by Crippen LogP contribution is 2.11. The van der Waals surface area contributed by atoms with Crippen molar-refractivity contribution >= 4 is 23.2 Å². The second-order valence-corrected chi connectivity index (χ2v) is 2.75. The fourth-order valence-electron chi connectivity index (χ4n) is 0.353. The van der Waals surface area contributed by atoms with Crippen molar-refractivity contribution in [2.75, 3.05) is 0 Å². The number of hydrogen-bond donors (Lipinski definition) is 0. The molecule has 0 rings (SSSR count). The van der Waals surface area contributed by atoms with Crippen LogP contribution in [0.3, 0.4) is 0 Å². The SMILES string of the molecule is CCC(Cl)OC(Cl)CC. The fraction of sp³-hybridized carbons (Fsp3) is 1.00. The second kappa shape index (κ2) is 5.33. The van der Waals surface area contributed by atoms with Crippen LogP contribution in [0.5, 0.6) is 0 Å². The van der Waals surface area contributed by atoms with Crippen LogP contribution in [-0.2, 0) is 4.74 Å². The molecule has 0 saturated carbocycles. The zero-order valence-electron chi connectivity index (χ0n) is 5.73. The number of hydrogen-bond acceptors (Lipinski definition) is 1. The lowest BCUT2D eigenvalue weighted by Crippen LogP contribution is -2.10. The molecule has 0 heterocycles. The molecule has 0 aliphatic carbocycles. The van der Waals surface area contributed by atoms with Crippen LogP contribution in [0.1, 0.15) is 26.7 Å². The van der Waals surface area contributed by atoms with E-state index in [1.54, 1.807) is 0 Å². The van der Waals surface area contributed by atoms with Gasteiger partial charge in [-0.1, -0.05) is 37.0 Å². The summed E-state index contributed by atoms with van der Waals surface area (Å²) in [5.41, 5.74) is -0.458. The molecule has 3 heteroatoms. The lowest BCUT2D eigenvalue weighted by molar-refractivity contribution is 0.0779. The Labute approximate surface area is 66.3 Å². The van der Waals surface area contributed by atoms with Gasteiger partial charge >= 0.3 is 0 Å². The van der Waals surface area contributed by atoms with Crippen LogP contribution in [0.25, 0.3) is 0 Å². The number of alkyl halides is 2. The van der Waals surface area contributed by atoms with E-state index in [1.165, 1.54) is 0 Å². The van der Waals surface area contributed by atoms with E-state index in [0.29, 0.717) is 0 Å². The third kappa shape index (κ3) is 5.01. The Bertz CT molecular complexity index is 60.1. The first kappa shape index (κ1) is 9.54. The van der Waals surface area contributed by atoms with Crippen molar-refractivity contribution in [3.05, 3.63) is 0 Å². The van der Waals surface area contributed by atoms with Gasteiger partial charge in [-0.3, -0.25) is 0 Å². The van der Waals surface area contributed by atoms with Crippen LogP contribution >= 0.6 is 23.2 Å². The zero-order chi connectivity index (χ0) is 7.28. The van der Waals surface area contributed by atoms with Gasteiger partial charge in [0.2, 0.25) is 0 Å². The highest BCUT2D eigenvalue weighted by Gasteiger charge is 2.06. The lowest BCUT2D eigenvalue weighted by atomic mass is 10.5. The summed E-state index contributed by atoms with van der Waals surface area (Å²) in [4.78, 5) is 0. The molecular weight excluding hydrogens is 159 g/mol. The molecule has 0 aromatic heterocycles. The minimum atomic E-state index is -0.229. The third-order valence-electron chi connectivity index (χ3n) is 0.937. The van der Waals surface area contributed by atoms with Crippen molar-refractivity contribution in [3.8, 4) is 0 Å². The average molecular weight is 171 g/mol. The first-order chi connectivity index (χ1) is 4.20. The summed E-state index contributed by atoms with van der Waals surface area (Å²) < 4.78 is 5.08. The van der Waals surface area contributed by atoms with Crippen molar-refractivity contribution in [1.29, 1.82) is 0 Å².